The molecule has 5 heterocycles. The summed E-state index contributed by atoms with van der Waals surface area (Å²) in [4.78, 5) is 52.0. The molecule has 4 N–H and O–H groups in total. The van der Waals surface area contributed by atoms with Crippen molar-refractivity contribution in [2.75, 3.05) is 23.7 Å². The molecular formula is C29H29N7O3. The van der Waals surface area contributed by atoms with E-state index in [2.05, 4.69) is 42.7 Å². The molecule has 1 atom stereocenters. The summed E-state index contributed by atoms with van der Waals surface area (Å²) in [6, 6.07) is 11.6. The van der Waals surface area contributed by atoms with Gasteiger partial charge in [0.25, 0.3) is 11.8 Å². The SMILES string of the molecule is Cc1ncc(NC(=O)CN2CCC[C@@H]2C)cc1NC(=O)c1cnc2[nH]c(-c3ccc4c(c3)C(=O)NC4)cc2c1. The smallest absolute Gasteiger partial charge is 0.257 e. The number of aromatic amines is 1. The molecule has 4 aromatic rings. The highest BCUT2D eigenvalue weighted by atomic mass is 16.2. The van der Waals surface area contributed by atoms with E-state index >= 15 is 0 Å². The molecule has 39 heavy (non-hydrogen) atoms. The van der Waals surface area contributed by atoms with E-state index in [1.807, 2.05) is 24.3 Å². The van der Waals surface area contributed by atoms with Crippen molar-refractivity contribution >= 4 is 40.1 Å². The first-order valence-electron chi connectivity index (χ1n) is 13.1. The number of nitrogens with zero attached hydrogens (tertiary/aromatic N) is 3. The maximum absolute atomic E-state index is 13.1. The molecule has 0 spiro atoms. The zero-order chi connectivity index (χ0) is 27.1. The molecule has 10 nitrogen and oxygen atoms in total. The van der Waals surface area contributed by atoms with Crippen LogP contribution < -0.4 is 16.0 Å². The zero-order valence-electron chi connectivity index (χ0n) is 21.8. The third-order valence-corrected chi connectivity index (χ3v) is 7.49. The number of likely N-dealkylation sites (tertiary alicyclic amines) is 1. The van der Waals surface area contributed by atoms with Gasteiger partial charge in [0.1, 0.15) is 5.65 Å². The predicted molar refractivity (Wildman–Crippen MR) is 149 cm³/mol. The number of carbonyl (C=O) groups excluding carboxylic acids is 3. The largest absolute Gasteiger partial charge is 0.348 e. The first kappa shape index (κ1) is 24.7. The average molecular weight is 524 g/mol. The highest BCUT2D eigenvalue weighted by Crippen LogP contribution is 2.28. The van der Waals surface area contributed by atoms with Crippen molar-refractivity contribution in [3.63, 3.8) is 0 Å². The summed E-state index contributed by atoms with van der Waals surface area (Å²) >= 11 is 0. The van der Waals surface area contributed by atoms with E-state index in [0.29, 0.717) is 53.0 Å². The topological polar surface area (TPSA) is 132 Å². The summed E-state index contributed by atoms with van der Waals surface area (Å²) in [7, 11) is 0. The van der Waals surface area contributed by atoms with Crippen molar-refractivity contribution < 1.29 is 14.4 Å². The molecule has 6 rings (SSSR count). The molecule has 1 fully saturated rings. The Morgan fingerprint density at radius 3 is 2.79 bits per heavy atom. The number of anilines is 2. The van der Waals surface area contributed by atoms with Gasteiger partial charge in [-0.05, 0) is 68.6 Å². The molecule has 0 saturated carbocycles. The normalized spacial score (nSPS) is 16.8. The number of fused-ring (bicyclic) bond motifs is 2. The standard InChI is InChI=1S/C29H29N7O3/c1-16-4-3-7-36(16)15-26(37)33-22-11-24(17(2)30-14-22)35-28(38)21-8-20-10-25(34-27(20)31-13-21)18-5-6-19-12-32-29(39)23(19)9-18/h5-6,8-11,13-14,16H,3-4,7,12,15H2,1-2H3,(H,31,34)(H,32,39)(H,33,37)(H,35,38)/t16-/m0/s1. The van der Waals surface area contributed by atoms with Crippen LogP contribution in [0.3, 0.4) is 0 Å². The minimum atomic E-state index is -0.333. The quantitative estimate of drug-likeness (QED) is 0.304. The number of aryl methyl sites for hydroxylation is 1. The van der Waals surface area contributed by atoms with Gasteiger partial charge in [-0.1, -0.05) is 12.1 Å². The predicted octanol–water partition coefficient (Wildman–Crippen LogP) is 3.85. The summed E-state index contributed by atoms with van der Waals surface area (Å²) in [6.07, 6.45) is 5.31. The number of H-pyrrole nitrogens is 1. The van der Waals surface area contributed by atoms with Gasteiger partial charge >= 0.3 is 0 Å². The monoisotopic (exact) mass is 523 g/mol. The Morgan fingerprint density at radius 1 is 1.10 bits per heavy atom. The van der Waals surface area contributed by atoms with Gasteiger partial charge in [-0.15, -0.1) is 0 Å². The fraction of sp³-hybridized carbons (Fsp3) is 0.276. The molecule has 3 amide bonds. The van der Waals surface area contributed by atoms with E-state index in [1.54, 1.807) is 25.3 Å². The highest BCUT2D eigenvalue weighted by Gasteiger charge is 2.23. The van der Waals surface area contributed by atoms with Gasteiger partial charge < -0.3 is 20.9 Å². The first-order chi connectivity index (χ1) is 18.8. The van der Waals surface area contributed by atoms with Gasteiger partial charge in [0.15, 0.2) is 0 Å². The number of pyridine rings is 2. The summed E-state index contributed by atoms with van der Waals surface area (Å²) in [5, 5.41) is 9.40. The zero-order valence-corrected chi connectivity index (χ0v) is 21.8. The molecule has 0 aliphatic carbocycles. The molecule has 1 aromatic carbocycles. The maximum Gasteiger partial charge on any atom is 0.257 e. The van der Waals surface area contributed by atoms with Gasteiger partial charge in [-0.3, -0.25) is 24.3 Å². The van der Waals surface area contributed by atoms with E-state index < -0.39 is 0 Å². The second-order valence-corrected chi connectivity index (χ2v) is 10.2. The van der Waals surface area contributed by atoms with E-state index in [9.17, 15) is 14.4 Å². The second kappa shape index (κ2) is 9.95. The van der Waals surface area contributed by atoms with Crippen molar-refractivity contribution in [1.29, 1.82) is 0 Å². The van der Waals surface area contributed by atoms with Crippen molar-refractivity contribution in [1.82, 2.24) is 25.2 Å². The Bertz CT molecular complexity index is 1630. The van der Waals surface area contributed by atoms with Gasteiger partial charge in [-0.25, -0.2) is 4.98 Å². The summed E-state index contributed by atoms with van der Waals surface area (Å²) in [5.41, 5.74) is 6.03. The van der Waals surface area contributed by atoms with Crippen molar-refractivity contribution in [3.8, 4) is 11.3 Å². The second-order valence-electron chi connectivity index (χ2n) is 10.2. The van der Waals surface area contributed by atoms with Crippen LogP contribution in [0.4, 0.5) is 11.4 Å². The third kappa shape index (κ3) is 4.98. The minimum absolute atomic E-state index is 0.0744. The molecule has 3 aromatic heterocycles. The lowest BCUT2D eigenvalue weighted by molar-refractivity contribution is -0.117. The van der Waals surface area contributed by atoms with Crippen molar-refractivity contribution in [2.24, 2.45) is 0 Å². The fourth-order valence-corrected chi connectivity index (χ4v) is 5.21. The van der Waals surface area contributed by atoms with E-state index in [4.69, 9.17) is 0 Å². The minimum Gasteiger partial charge on any atom is -0.348 e. The number of hydrogen-bond acceptors (Lipinski definition) is 6. The van der Waals surface area contributed by atoms with E-state index in [-0.39, 0.29) is 17.7 Å². The highest BCUT2D eigenvalue weighted by molar-refractivity contribution is 6.06. The summed E-state index contributed by atoms with van der Waals surface area (Å²) in [6.45, 7) is 5.73. The Hall–Kier alpha value is -4.57. The Labute approximate surface area is 225 Å². The number of amides is 3. The lowest BCUT2D eigenvalue weighted by Gasteiger charge is -2.20. The number of rotatable bonds is 6. The molecular weight excluding hydrogens is 494 g/mol. The summed E-state index contributed by atoms with van der Waals surface area (Å²) < 4.78 is 0. The van der Waals surface area contributed by atoms with Gasteiger partial charge in [0.05, 0.1) is 35.4 Å². The first-order valence-corrected chi connectivity index (χ1v) is 13.1. The molecule has 10 heteroatoms. The molecule has 198 valence electrons. The van der Waals surface area contributed by atoms with Crippen LogP contribution in [-0.2, 0) is 11.3 Å². The van der Waals surface area contributed by atoms with Crippen LogP contribution >= 0.6 is 0 Å². The van der Waals surface area contributed by atoms with Crippen LogP contribution in [0.15, 0.2) is 48.8 Å². The van der Waals surface area contributed by atoms with E-state index in [1.165, 1.54) is 6.20 Å². The van der Waals surface area contributed by atoms with Crippen molar-refractivity contribution in [2.45, 2.75) is 39.3 Å². The van der Waals surface area contributed by atoms with Crippen LogP contribution in [0, 0.1) is 6.92 Å². The van der Waals surface area contributed by atoms with Gasteiger partial charge in [-0.2, -0.15) is 0 Å². The van der Waals surface area contributed by atoms with Gasteiger partial charge in [0, 0.05) is 35.4 Å². The number of nitrogens with one attached hydrogen (secondary N) is 4. The molecule has 2 aliphatic heterocycles. The van der Waals surface area contributed by atoms with Crippen molar-refractivity contribution in [3.05, 3.63) is 71.2 Å². The average Bonchev–Trinajstić information content (AvgIpc) is 3.64. The Morgan fingerprint density at radius 2 is 1.97 bits per heavy atom. The van der Waals surface area contributed by atoms with Crippen LogP contribution in [0.1, 0.15) is 51.7 Å². The summed E-state index contributed by atoms with van der Waals surface area (Å²) in [5.74, 6) is -0.510. The fourth-order valence-electron chi connectivity index (χ4n) is 5.21. The van der Waals surface area contributed by atoms with Gasteiger partial charge in [0.2, 0.25) is 5.91 Å². The third-order valence-electron chi connectivity index (χ3n) is 7.49. The van der Waals surface area contributed by atoms with Crippen LogP contribution in [-0.4, -0.2) is 56.7 Å². The molecule has 0 bridgehead atoms. The lowest BCUT2D eigenvalue weighted by atomic mass is 10.0. The lowest BCUT2D eigenvalue weighted by Crippen LogP contribution is -2.35. The number of benzene rings is 1. The van der Waals surface area contributed by atoms with Crippen LogP contribution in [0.2, 0.25) is 0 Å². The molecule has 0 radical (unpaired) electrons. The Kier molecular flexibility index (Phi) is 6.32. The molecule has 2 aliphatic rings. The number of carbonyl (C=O) groups is 3. The number of aromatic nitrogens is 3. The maximum atomic E-state index is 13.1. The molecule has 0 unspecified atom stereocenters. The van der Waals surface area contributed by atoms with Crippen LogP contribution in [0.5, 0.6) is 0 Å². The molecule has 1 saturated heterocycles. The number of hydrogen-bond donors (Lipinski definition) is 4. The Balaban J connectivity index is 1.17. The van der Waals surface area contributed by atoms with E-state index in [0.717, 1.165) is 41.6 Å². The van der Waals surface area contributed by atoms with Crippen LogP contribution in [0.25, 0.3) is 22.3 Å².